The van der Waals surface area contributed by atoms with Gasteiger partial charge in [0, 0.05) is 55.7 Å². The second-order valence-electron chi connectivity index (χ2n) is 9.50. The van der Waals surface area contributed by atoms with E-state index in [4.69, 9.17) is 12.2 Å². The Balaban J connectivity index is 1.22. The van der Waals surface area contributed by atoms with E-state index < -0.39 is 0 Å². The summed E-state index contributed by atoms with van der Waals surface area (Å²) in [5, 5.41) is 6.00. The monoisotopic (exact) mass is 516 g/mol. The van der Waals surface area contributed by atoms with Crippen LogP contribution >= 0.6 is 12.2 Å². The molecule has 0 saturated carbocycles. The second kappa shape index (κ2) is 12.6. The minimum Gasteiger partial charge on any atom is -0.369 e. The smallest absolute Gasteiger partial charge is 0.250 e. The summed E-state index contributed by atoms with van der Waals surface area (Å²) in [4.78, 5) is 16.9. The summed E-state index contributed by atoms with van der Waals surface area (Å²) in [7, 11) is 0. The number of anilines is 2. The molecule has 1 saturated heterocycles. The SMILES string of the molecule is CC(C)c1ccc(/C=C/C(=O)NC(=S)Nc2ccc(N3CCN(Cc4ccccc4F)CC3)cc2)cc1. The van der Waals surface area contributed by atoms with Crippen molar-refractivity contribution >= 4 is 40.7 Å². The second-order valence-corrected chi connectivity index (χ2v) is 9.91. The van der Waals surface area contributed by atoms with Crippen molar-refractivity contribution in [2.75, 3.05) is 36.4 Å². The summed E-state index contributed by atoms with van der Waals surface area (Å²) in [5.74, 6) is 0.0472. The number of hydrogen-bond donors (Lipinski definition) is 2. The van der Waals surface area contributed by atoms with Crippen LogP contribution in [0.3, 0.4) is 0 Å². The van der Waals surface area contributed by atoms with Crippen molar-refractivity contribution in [3.63, 3.8) is 0 Å². The molecule has 192 valence electrons. The predicted molar refractivity (Wildman–Crippen MR) is 154 cm³/mol. The summed E-state index contributed by atoms with van der Waals surface area (Å²) in [6, 6.07) is 23.1. The molecule has 1 amide bonds. The van der Waals surface area contributed by atoms with Crippen molar-refractivity contribution < 1.29 is 9.18 Å². The summed E-state index contributed by atoms with van der Waals surface area (Å²) < 4.78 is 13.9. The zero-order valence-electron chi connectivity index (χ0n) is 21.3. The average Bonchev–Trinajstić information content (AvgIpc) is 2.90. The molecule has 3 aromatic rings. The highest BCUT2D eigenvalue weighted by atomic mass is 32.1. The Morgan fingerprint density at radius 2 is 1.65 bits per heavy atom. The van der Waals surface area contributed by atoms with E-state index in [2.05, 4.69) is 46.4 Å². The van der Waals surface area contributed by atoms with E-state index in [-0.39, 0.29) is 16.8 Å². The van der Waals surface area contributed by atoms with Crippen molar-refractivity contribution in [3.05, 3.63) is 101 Å². The number of thiocarbonyl (C=S) groups is 1. The van der Waals surface area contributed by atoms with Crippen LogP contribution in [0.25, 0.3) is 6.08 Å². The maximum Gasteiger partial charge on any atom is 0.250 e. The van der Waals surface area contributed by atoms with Gasteiger partial charge in [0.1, 0.15) is 5.82 Å². The van der Waals surface area contributed by atoms with Gasteiger partial charge in [-0.05, 0) is 65.7 Å². The Morgan fingerprint density at radius 3 is 2.30 bits per heavy atom. The van der Waals surface area contributed by atoms with Crippen molar-refractivity contribution in [3.8, 4) is 0 Å². The molecule has 37 heavy (non-hydrogen) atoms. The third kappa shape index (κ3) is 7.71. The Kier molecular flexibility index (Phi) is 9.04. The first-order chi connectivity index (χ1) is 17.9. The normalized spacial score (nSPS) is 14.2. The van der Waals surface area contributed by atoms with Crippen molar-refractivity contribution in [1.29, 1.82) is 0 Å². The highest BCUT2D eigenvalue weighted by molar-refractivity contribution is 7.80. The van der Waals surface area contributed by atoms with E-state index in [1.807, 2.05) is 48.5 Å². The third-order valence-corrected chi connectivity index (χ3v) is 6.69. The molecule has 7 heteroatoms. The highest BCUT2D eigenvalue weighted by Crippen LogP contribution is 2.21. The number of nitrogens with one attached hydrogen (secondary N) is 2. The van der Waals surface area contributed by atoms with E-state index >= 15 is 0 Å². The average molecular weight is 517 g/mol. The lowest BCUT2D eigenvalue weighted by molar-refractivity contribution is -0.115. The Morgan fingerprint density at radius 1 is 0.973 bits per heavy atom. The molecule has 1 fully saturated rings. The molecule has 1 heterocycles. The lowest BCUT2D eigenvalue weighted by Crippen LogP contribution is -2.46. The molecule has 4 rings (SSSR count). The van der Waals surface area contributed by atoms with Crippen LogP contribution in [0.2, 0.25) is 0 Å². The summed E-state index contributed by atoms with van der Waals surface area (Å²) in [6.45, 7) is 8.44. The molecule has 0 unspecified atom stereocenters. The number of rotatable bonds is 7. The molecular formula is C30H33FN4OS. The Hall–Kier alpha value is -3.55. The first kappa shape index (κ1) is 26.5. The fraction of sp³-hybridized carbons (Fsp3) is 0.267. The van der Waals surface area contributed by atoms with Gasteiger partial charge in [-0.3, -0.25) is 15.0 Å². The number of halogens is 1. The summed E-state index contributed by atoms with van der Waals surface area (Å²) in [5.41, 5.74) is 4.89. The molecule has 3 aromatic carbocycles. The molecule has 2 N–H and O–H groups in total. The van der Waals surface area contributed by atoms with Gasteiger partial charge in [0.25, 0.3) is 0 Å². The molecule has 0 spiro atoms. The molecular weight excluding hydrogens is 483 g/mol. The molecule has 1 aliphatic rings. The molecule has 5 nitrogen and oxygen atoms in total. The van der Waals surface area contributed by atoms with Crippen LogP contribution in [0, 0.1) is 5.82 Å². The standard InChI is InChI=1S/C30H33FN4OS/c1-22(2)24-10-7-23(8-11-24)9-16-29(36)33-30(37)32-26-12-14-27(15-13-26)35-19-17-34(18-20-35)21-25-5-3-4-6-28(25)31/h3-16,22H,17-21H2,1-2H3,(H2,32,33,36,37)/b16-9+. The van der Waals surface area contributed by atoms with E-state index in [1.165, 1.54) is 17.7 Å². The zero-order chi connectivity index (χ0) is 26.2. The molecule has 1 aliphatic heterocycles. The number of hydrogen-bond acceptors (Lipinski definition) is 4. The van der Waals surface area contributed by atoms with Crippen LogP contribution in [-0.4, -0.2) is 42.1 Å². The van der Waals surface area contributed by atoms with E-state index in [9.17, 15) is 9.18 Å². The van der Waals surface area contributed by atoms with Crippen molar-refractivity contribution in [2.24, 2.45) is 0 Å². The van der Waals surface area contributed by atoms with E-state index in [0.717, 1.165) is 48.7 Å². The number of nitrogens with zero attached hydrogens (tertiary/aromatic N) is 2. The summed E-state index contributed by atoms with van der Waals surface area (Å²) in [6.07, 6.45) is 3.25. The summed E-state index contributed by atoms with van der Waals surface area (Å²) >= 11 is 5.30. The first-order valence-corrected chi connectivity index (χ1v) is 13.0. The van der Waals surface area contributed by atoms with Crippen LogP contribution in [-0.2, 0) is 11.3 Å². The van der Waals surface area contributed by atoms with Crippen LogP contribution in [0.4, 0.5) is 15.8 Å². The van der Waals surface area contributed by atoms with Crippen LogP contribution in [0.1, 0.15) is 36.5 Å². The van der Waals surface area contributed by atoms with Gasteiger partial charge in [-0.1, -0.05) is 56.3 Å². The Labute approximate surface area is 224 Å². The highest BCUT2D eigenvalue weighted by Gasteiger charge is 2.18. The zero-order valence-corrected chi connectivity index (χ0v) is 22.1. The molecule has 0 aromatic heterocycles. The molecule has 0 radical (unpaired) electrons. The van der Waals surface area contributed by atoms with Crippen molar-refractivity contribution in [2.45, 2.75) is 26.3 Å². The van der Waals surface area contributed by atoms with Gasteiger partial charge in [0.05, 0.1) is 0 Å². The topological polar surface area (TPSA) is 47.6 Å². The fourth-order valence-electron chi connectivity index (χ4n) is 4.27. The van der Waals surface area contributed by atoms with Gasteiger partial charge in [0.2, 0.25) is 5.91 Å². The maximum atomic E-state index is 13.9. The fourth-order valence-corrected chi connectivity index (χ4v) is 4.49. The first-order valence-electron chi connectivity index (χ1n) is 12.6. The van der Waals surface area contributed by atoms with Crippen LogP contribution < -0.4 is 15.5 Å². The number of carbonyl (C=O) groups is 1. The van der Waals surface area contributed by atoms with Crippen molar-refractivity contribution in [1.82, 2.24) is 10.2 Å². The predicted octanol–water partition coefficient (Wildman–Crippen LogP) is 5.80. The van der Waals surface area contributed by atoms with Gasteiger partial charge in [-0.15, -0.1) is 0 Å². The molecule has 0 bridgehead atoms. The van der Waals surface area contributed by atoms with Gasteiger partial charge >= 0.3 is 0 Å². The quantitative estimate of drug-likeness (QED) is 0.307. The maximum absolute atomic E-state index is 13.9. The van der Waals surface area contributed by atoms with E-state index in [1.54, 1.807) is 12.1 Å². The number of carbonyl (C=O) groups excluding carboxylic acids is 1. The third-order valence-electron chi connectivity index (χ3n) is 6.48. The largest absolute Gasteiger partial charge is 0.369 e. The minimum absolute atomic E-state index is 0.144. The van der Waals surface area contributed by atoms with Gasteiger partial charge in [-0.25, -0.2) is 4.39 Å². The molecule has 0 atom stereocenters. The molecule has 0 aliphatic carbocycles. The van der Waals surface area contributed by atoms with Gasteiger partial charge in [-0.2, -0.15) is 0 Å². The van der Waals surface area contributed by atoms with Crippen LogP contribution in [0.15, 0.2) is 78.9 Å². The van der Waals surface area contributed by atoms with E-state index in [0.29, 0.717) is 12.5 Å². The number of benzene rings is 3. The number of amides is 1. The van der Waals surface area contributed by atoms with Gasteiger partial charge < -0.3 is 10.2 Å². The lowest BCUT2D eigenvalue weighted by atomic mass is 10.0. The Bertz CT molecular complexity index is 1230. The number of piperazine rings is 1. The lowest BCUT2D eigenvalue weighted by Gasteiger charge is -2.36. The van der Waals surface area contributed by atoms with Gasteiger partial charge in [0.15, 0.2) is 5.11 Å². The minimum atomic E-state index is -0.282. The van der Waals surface area contributed by atoms with Crippen LogP contribution in [0.5, 0.6) is 0 Å².